The van der Waals surface area contributed by atoms with Crippen LogP contribution in [-0.2, 0) is 11.3 Å². The average molecular weight is 469 g/mol. The van der Waals surface area contributed by atoms with Crippen LogP contribution in [0.3, 0.4) is 0 Å². The molecule has 0 radical (unpaired) electrons. The zero-order valence-corrected chi connectivity index (χ0v) is 19.3. The van der Waals surface area contributed by atoms with Gasteiger partial charge < -0.3 is 19.4 Å². The van der Waals surface area contributed by atoms with Crippen LogP contribution in [0.25, 0.3) is 11.3 Å². The highest BCUT2D eigenvalue weighted by atomic mass is 35.5. The number of aryl methyl sites for hydroxylation is 1. The Morgan fingerprint density at radius 1 is 1.18 bits per heavy atom. The number of carbonyl (C=O) groups is 2. The summed E-state index contributed by atoms with van der Waals surface area (Å²) in [6.07, 6.45) is 4.49. The van der Waals surface area contributed by atoms with Crippen molar-refractivity contribution in [2.45, 2.75) is 39.3 Å². The van der Waals surface area contributed by atoms with Gasteiger partial charge in [0.15, 0.2) is 11.7 Å². The van der Waals surface area contributed by atoms with Crippen LogP contribution in [0.15, 0.2) is 47.1 Å². The minimum atomic E-state index is -0.318. The Balaban J connectivity index is 1.52. The summed E-state index contributed by atoms with van der Waals surface area (Å²) in [7, 11) is 0. The normalized spacial score (nSPS) is 14.2. The van der Waals surface area contributed by atoms with Crippen molar-refractivity contribution < 1.29 is 18.7 Å². The molecule has 0 saturated carbocycles. The van der Waals surface area contributed by atoms with Gasteiger partial charge >= 0.3 is 0 Å². The number of ether oxygens (including phenoxy) is 1. The Morgan fingerprint density at radius 2 is 1.91 bits per heavy atom. The van der Waals surface area contributed by atoms with Crippen LogP contribution in [-0.4, -0.2) is 45.9 Å². The zero-order chi connectivity index (χ0) is 23.4. The summed E-state index contributed by atoms with van der Waals surface area (Å²) in [5.41, 5.74) is 1.79. The molecule has 0 spiro atoms. The number of benzene rings is 1. The van der Waals surface area contributed by atoms with E-state index in [0.29, 0.717) is 60.5 Å². The fourth-order valence-electron chi connectivity index (χ4n) is 3.67. The fraction of sp³-hybridized carbons (Fsp3) is 0.333. The number of hydrogen-bond acceptors (Lipinski definition) is 6. The van der Waals surface area contributed by atoms with E-state index in [1.807, 2.05) is 17.0 Å². The molecule has 1 saturated heterocycles. The van der Waals surface area contributed by atoms with Gasteiger partial charge in [0.25, 0.3) is 5.91 Å². The first-order chi connectivity index (χ1) is 15.9. The number of likely N-dealkylation sites (tertiary alicyclic amines) is 1. The number of amides is 2. The van der Waals surface area contributed by atoms with E-state index in [0.717, 1.165) is 5.56 Å². The third kappa shape index (κ3) is 5.70. The summed E-state index contributed by atoms with van der Waals surface area (Å²) in [6, 6.07) is 8.89. The first-order valence-electron chi connectivity index (χ1n) is 10.8. The maximum atomic E-state index is 12.8. The maximum absolute atomic E-state index is 12.8. The van der Waals surface area contributed by atoms with Crippen molar-refractivity contribution in [3.8, 4) is 17.1 Å². The van der Waals surface area contributed by atoms with Crippen LogP contribution in [0.5, 0.6) is 5.75 Å². The molecule has 3 aromatic rings. The number of hydrogen-bond donors (Lipinski definition) is 1. The van der Waals surface area contributed by atoms with Crippen LogP contribution in [0.2, 0.25) is 5.02 Å². The van der Waals surface area contributed by atoms with Gasteiger partial charge in [-0.2, -0.15) is 0 Å². The van der Waals surface area contributed by atoms with E-state index in [-0.39, 0.29) is 23.6 Å². The molecule has 1 fully saturated rings. The Bertz CT molecular complexity index is 1140. The molecule has 2 aromatic heterocycles. The molecule has 0 aliphatic carbocycles. The maximum Gasteiger partial charge on any atom is 0.270 e. The van der Waals surface area contributed by atoms with Crippen LogP contribution in [0, 0.1) is 6.92 Å². The van der Waals surface area contributed by atoms with E-state index >= 15 is 0 Å². The number of pyridine rings is 1. The molecular formula is C24H25ClN4O4. The van der Waals surface area contributed by atoms with Gasteiger partial charge in [-0.05, 0) is 17.7 Å². The van der Waals surface area contributed by atoms with Gasteiger partial charge in [0, 0.05) is 63.6 Å². The number of aromatic nitrogens is 2. The third-order valence-electron chi connectivity index (χ3n) is 5.53. The molecule has 1 aliphatic heterocycles. The molecule has 2 amide bonds. The number of piperidine rings is 1. The lowest BCUT2D eigenvalue weighted by Crippen LogP contribution is -2.40. The van der Waals surface area contributed by atoms with E-state index in [1.165, 1.54) is 0 Å². The lowest BCUT2D eigenvalue weighted by atomic mass is 10.1. The van der Waals surface area contributed by atoms with E-state index in [1.54, 1.807) is 44.4 Å². The molecule has 33 heavy (non-hydrogen) atoms. The fourth-order valence-corrected chi connectivity index (χ4v) is 3.80. The second kappa shape index (κ2) is 10.0. The minimum absolute atomic E-state index is 0.0647. The van der Waals surface area contributed by atoms with Gasteiger partial charge in [0.2, 0.25) is 5.91 Å². The molecule has 1 aliphatic rings. The number of nitrogens with zero attached hydrogens (tertiary/aromatic N) is 3. The second-order valence-corrected chi connectivity index (χ2v) is 8.38. The van der Waals surface area contributed by atoms with Gasteiger partial charge in [-0.3, -0.25) is 14.6 Å². The van der Waals surface area contributed by atoms with E-state index < -0.39 is 0 Å². The van der Waals surface area contributed by atoms with Crippen molar-refractivity contribution >= 4 is 23.4 Å². The van der Waals surface area contributed by atoms with Crippen molar-refractivity contribution in [2.24, 2.45) is 0 Å². The summed E-state index contributed by atoms with van der Waals surface area (Å²) < 4.78 is 12.0. The molecule has 9 heteroatoms. The summed E-state index contributed by atoms with van der Waals surface area (Å²) in [5, 5.41) is 3.51. The highest BCUT2D eigenvalue weighted by Gasteiger charge is 2.24. The molecule has 3 heterocycles. The Morgan fingerprint density at radius 3 is 2.55 bits per heavy atom. The molecule has 0 unspecified atom stereocenters. The van der Waals surface area contributed by atoms with Crippen molar-refractivity contribution in [1.29, 1.82) is 0 Å². The summed E-state index contributed by atoms with van der Waals surface area (Å²) in [6.45, 7) is 4.95. The van der Waals surface area contributed by atoms with Crippen LogP contribution < -0.4 is 10.1 Å². The highest BCUT2D eigenvalue weighted by Crippen LogP contribution is 2.32. The van der Waals surface area contributed by atoms with E-state index in [9.17, 15) is 9.59 Å². The lowest BCUT2D eigenvalue weighted by Gasteiger charge is -2.31. The van der Waals surface area contributed by atoms with Crippen molar-refractivity contribution in [3.63, 3.8) is 0 Å². The number of carbonyl (C=O) groups excluding carboxylic acids is 2. The zero-order valence-electron chi connectivity index (χ0n) is 18.5. The van der Waals surface area contributed by atoms with Crippen LogP contribution in [0.1, 0.15) is 41.7 Å². The predicted octanol–water partition coefficient (Wildman–Crippen LogP) is 4.02. The van der Waals surface area contributed by atoms with Gasteiger partial charge in [-0.25, -0.2) is 4.98 Å². The van der Waals surface area contributed by atoms with E-state index in [2.05, 4.69) is 15.3 Å². The summed E-state index contributed by atoms with van der Waals surface area (Å²) in [5.74, 6) is 1.29. The monoisotopic (exact) mass is 468 g/mol. The number of nitrogens with one attached hydrogen (secondary N) is 1. The first kappa shape index (κ1) is 22.8. The predicted molar refractivity (Wildman–Crippen MR) is 123 cm³/mol. The Kier molecular flexibility index (Phi) is 6.93. The molecular weight excluding hydrogens is 444 g/mol. The van der Waals surface area contributed by atoms with Crippen LogP contribution >= 0.6 is 11.6 Å². The molecule has 1 aromatic carbocycles. The van der Waals surface area contributed by atoms with Crippen molar-refractivity contribution in [3.05, 3.63) is 64.9 Å². The number of oxazole rings is 1. The molecule has 1 N–H and O–H groups in total. The minimum Gasteiger partial charge on any atom is -0.489 e. The van der Waals surface area contributed by atoms with Gasteiger partial charge in [0.1, 0.15) is 17.5 Å². The largest absolute Gasteiger partial charge is 0.489 e. The molecule has 8 nitrogen and oxygen atoms in total. The average Bonchev–Trinajstić information content (AvgIpc) is 3.24. The quantitative estimate of drug-likeness (QED) is 0.586. The lowest BCUT2D eigenvalue weighted by molar-refractivity contribution is -0.130. The topological polar surface area (TPSA) is 97.6 Å². The standard InChI is InChI=1S/C24H25ClN4O4/c1-15-26-14-23(32-15)20-13-27-21(24(31)28-12-17-3-5-18(25)6-4-17)11-22(20)33-19-7-9-29(10-8-19)16(2)30/h3-6,11,13-14,19H,7-10,12H2,1-2H3,(H,28,31). The summed E-state index contributed by atoms with van der Waals surface area (Å²) in [4.78, 5) is 34.7. The van der Waals surface area contributed by atoms with Gasteiger partial charge in [-0.1, -0.05) is 23.7 Å². The Labute approximate surface area is 196 Å². The molecule has 4 rings (SSSR count). The number of rotatable bonds is 6. The molecule has 172 valence electrons. The smallest absolute Gasteiger partial charge is 0.270 e. The SMILES string of the molecule is CC(=O)N1CCC(Oc2cc(C(=O)NCc3ccc(Cl)cc3)ncc2-c2cnc(C)o2)CC1. The first-order valence-corrected chi connectivity index (χ1v) is 11.1. The number of halogens is 1. The van der Waals surface area contributed by atoms with Crippen LogP contribution in [0.4, 0.5) is 0 Å². The van der Waals surface area contributed by atoms with Crippen molar-refractivity contribution in [1.82, 2.24) is 20.2 Å². The summed E-state index contributed by atoms with van der Waals surface area (Å²) >= 11 is 5.92. The Hall–Kier alpha value is -3.39. The van der Waals surface area contributed by atoms with Crippen molar-refractivity contribution in [2.75, 3.05) is 13.1 Å². The van der Waals surface area contributed by atoms with E-state index in [4.69, 9.17) is 20.8 Å². The van der Waals surface area contributed by atoms with Gasteiger partial charge in [-0.15, -0.1) is 0 Å². The molecule has 0 atom stereocenters. The molecule has 0 bridgehead atoms. The highest BCUT2D eigenvalue weighted by molar-refractivity contribution is 6.30. The second-order valence-electron chi connectivity index (χ2n) is 7.94. The van der Waals surface area contributed by atoms with Gasteiger partial charge in [0.05, 0.1) is 11.8 Å². The third-order valence-corrected chi connectivity index (χ3v) is 5.78.